The van der Waals surface area contributed by atoms with Gasteiger partial charge >= 0.3 is 0 Å². The highest BCUT2D eigenvalue weighted by Crippen LogP contribution is 2.34. The van der Waals surface area contributed by atoms with Crippen LogP contribution in [0.3, 0.4) is 0 Å². The number of amides is 1. The molecule has 2 aliphatic rings. The number of hydrogen-bond acceptors (Lipinski definition) is 5. The van der Waals surface area contributed by atoms with Crippen molar-refractivity contribution in [2.45, 2.75) is 24.2 Å². The summed E-state index contributed by atoms with van der Waals surface area (Å²) in [6.07, 6.45) is 9.53. The summed E-state index contributed by atoms with van der Waals surface area (Å²) in [5, 5.41) is 2.94. The first-order chi connectivity index (χ1) is 13.0. The molecule has 6 nitrogen and oxygen atoms in total. The van der Waals surface area contributed by atoms with Crippen molar-refractivity contribution >= 4 is 15.7 Å². The Labute approximate surface area is 159 Å². The second-order valence-corrected chi connectivity index (χ2v) is 8.07. The number of carbonyl (C=O) groups is 1. The van der Waals surface area contributed by atoms with Gasteiger partial charge in [0, 0.05) is 24.7 Å². The van der Waals surface area contributed by atoms with Gasteiger partial charge in [-0.25, -0.2) is 8.42 Å². The van der Waals surface area contributed by atoms with Crippen LogP contribution in [-0.4, -0.2) is 32.8 Å². The van der Waals surface area contributed by atoms with Crippen LogP contribution in [0.25, 0.3) is 0 Å². The Morgan fingerprint density at radius 3 is 2.78 bits per heavy atom. The lowest BCUT2D eigenvalue weighted by atomic mass is 10.0. The van der Waals surface area contributed by atoms with E-state index in [-0.39, 0.29) is 15.7 Å². The van der Waals surface area contributed by atoms with Crippen molar-refractivity contribution in [3.05, 3.63) is 77.4 Å². The number of nitrogens with one attached hydrogen (secondary N) is 1. The first-order valence-corrected chi connectivity index (χ1v) is 10.2. The Balaban J connectivity index is 1.98. The minimum atomic E-state index is -3.68. The Morgan fingerprint density at radius 2 is 2.04 bits per heavy atom. The second kappa shape index (κ2) is 8.37. The van der Waals surface area contributed by atoms with E-state index < -0.39 is 9.84 Å². The highest BCUT2D eigenvalue weighted by atomic mass is 32.2. The topological polar surface area (TPSA) is 75.7 Å². The predicted molar refractivity (Wildman–Crippen MR) is 103 cm³/mol. The maximum absolute atomic E-state index is 13.1. The van der Waals surface area contributed by atoms with Crippen LogP contribution in [0, 0.1) is 0 Å². The molecule has 1 N–H and O–H groups in total. The summed E-state index contributed by atoms with van der Waals surface area (Å²) in [4.78, 5) is 14.2. The molecular weight excluding hydrogens is 364 g/mol. The van der Waals surface area contributed by atoms with Gasteiger partial charge in [0.25, 0.3) is 0 Å². The van der Waals surface area contributed by atoms with Gasteiger partial charge < -0.3 is 10.1 Å². The first kappa shape index (κ1) is 19.1. The van der Waals surface area contributed by atoms with Gasteiger partial charge in [0.2, 0.25) is 15.7 Å². The number of benzene rings is 1. The van der Waals surface area contributed by atoms with E-state index in [0.29, 0.717) is 37.1 Å². The Hall–Kier alpha value is -2.64. The van der Waals surface area contributed by atoms with E-state index in [0.717, 1.165) is 0 Å². The van der Waals surface area contributed by atoms with Crippen LogP contribution in [0.2, 0.25) is 0 Å². The summed E-state index contributed by atoms with van der Waals surface area (Å²) >= 11 is 0. The molecule has 27 heavy (non-hydrogen) atoms. The highest BCUT2D eigenvalue weighted by Gasteiger charge is 2.27. The molecule has 1 heterocycles. The maximum Gasteiger partial charge on any atom is 0.232 e. The van der Waals surface area contributed by atoms with Gasteiger partial charge in [0.1, 0.15) is 12.0 Å². The summed E-state index contributed by atoms with van der Waals surface area (Å²) < 4.78 is 31.8. The quantitative estimate of drug-likeness (QED) is 0.814. The normalized spacial score (nSPS) is 16.9. The molecule has 0 fully saturated rings. The Bertz CT molecular complexity index is 928. The van der Waals surface area contributed by atoms with Crippen molar-refractivity contribution in [2.75, 3.05) is 13.6 Å². The smallest absolute Gasteiger partial charge is 0.232 e. The van der Waals surface area contributed by atoms with Crippen LogP contribution < -0.4 is 5.32 Å². The third kappa shape index (κ3) is 4.20. The van der Waals surface area contributed by atoms with E-state index in [1.165, 1.54) is 17.4 Å². The van der Waals surface area contributed by atoms with Crippen LogP contribution in [-0.2, 0) is 19.4 Å². The summed E-state index contributed by atoms with van der Waals surface area (Å²) in [5.74, 6) is 0.287. The van der Waals surface area contributed by atoms with E-state index in [1.807, 2.05) is 6.08 Å². The minimum Gasteiger partial charge on any atom is -0.462 e. The maximum atomic E-state index is 13.1. The molecule has 1 aliphatic heterocycles. The van der Waals surface area contributed by atoms with Crippen molar-refractivity contribution < 1.29 is 17.9 Å². The third-order valence-corrected chi connectivity index (χ3v) is 6.17. The summed E-state index contributed by atoms with van der Waals surface area (Å²) in [6.45, 7) is 0.562. The van der Waals surface area contributed by atoms with Gasteiger partial charge in [-0.2, -0.15) is 0 Å². The zero-order valence-corrected chi connectivity index (χ0v) is 15.9. The van der Waals surface area contributed by atoms with Crippen molar-refractivity contribution in [3.63, 3.8) is 0 Å². The first-order valence-electron chi connectivity index (χ1n) is 8.75. The predicted octanol–water partition coefficient (Wildman–Crippen LogP) is 2.85. The third-order valence-electron chi connectivity index (χ3n) is 4.32. The molecule has 142 valence electrons. The molecule has 0 saturated heterocycles. The van der Waals surface area contributed by atoms with Crippen LogP contribution in [0.4, 0.5) is 0 Å². The molecule has 0 spiro atoms. The highest BCUT2D eigenvalue weighted by molar-refractivity contribution is 7.95. The lowest BCUT2D eigenvalue weighted by Gasteiger charge is -2.24. The average molecular weight is 386 g/mol. The molecule has 0 saturated carbocycles. The fourth-order valence-electron chi connectivity index (χ4n) is 2.90. The van der Waals surface area contributed by atoms with Crippen molar-refractivity contribution in [1.29, 1.82) is 0 Å². The van der Waals surface area contributed by atoms with Crippen molar-refractivity contribution in [2.24, 2.45) is 0 Å². The van der Waals surface area contributed by atoms with E-state index in [2.05, 4.69) is 5.32 Å². The van der Waals surface area contributed by atoms with Gasteiger partial charge in [0.05, 0.1) is 16.0 Å². The number of rotatable bonds is 6. The molecule has 7 heteroatoms. The zero-order chi connectivity index (χ0) is 19.3. The summed E-state index contributed by atoms with van der Waals surface area (Å²) in [6, 6.07) is 8.32. The van der Waals surface area contributed by atoms with E-state index in [1.54, 1.807) is 49.7 Å². The van der Waals surface area contributed by atoms with Crippen LogP contribution in [0.1, 0.15) is 19.3 Å². The molecule has 0 radical (unpaired) electrons. The Morgan fingerprint density at radius 1 is 1.26 bits per heavy atom. The second-order valence-electron chi connectivity index (χ2n) is 6.15. The molecule has 0 atom stereocenters. The number of ether oxygens (including phenoxy) is 1. The lowest BCUT2D eigenvalue weighted by Crippen LogP contribution is -2.26. The fourth-order valence-corrected chi connectivity index (χ4v) is 4.47. The SMILES string of the molecule is CNCCC(=O)N1C=COC(C2=C(S(=O)(=O)c3ccccc3)C=CCC2)=C1. The number of allylic oxidation sites excluding steroid dienone is 3. The monoisotopic (exact) mass is 386 g/mol. The van der Waals surface area contributed by atoms with Crippen LogP contribution in [0.5, 0.6) is 0 Å². The van der Waals surface area contributed by atoms with E-state index in [9.17, 15) is 13.2 Å². The minimum absolute atomic E-state index is 0.0965. The van der Waals surface area contributed by atoms with Crippen molar-refractivity contribution in [3.8, 4) is 0 Å². The molecule has 0 unspecified atom stereocenters. The zero-order valence-electron chi connectivity index (χ0n) is 15.1. The largest absolute Gasteiger partial charge is 0.462 e. The molecule has 3 rings (SSSR count). The number of carbonyl (C=O) groups excluding carboxylic acids is 1. The van der Waals surface area contributed by atoms with Crippen LogP contribution in [0.15, 0.2) is 82.3 Å². The molecule has 1 amide bonds. The average Bonchev–Trinajstić information content (AvgIpc) is 2.72. The summed E-state index contributed by atoms with van der Waals surface area (Å²) in [5.41, 5.74) is 0.581. The molecule has 1 aromatic rings. The van der Waals surface area contributed by atoms with Crippen LogP contribution >= 0.6 is 0 Å². The molecule has 1 aliphatic carbocycles. The van der Waals surface area contributed by atoms with Gasteiger partial charge in [-0.05, 0) is 38.1 Å². The van der Waals surface area contributed by atoms with Gasteiger partial charge in [-0.15, -0.1) is 0 Å². The summed E-state index contributed by atoms with van der Waals surface area (Å²) in [7, 11) is -1.90. The number of nitrogens with zero attached hydrogens (tertiary/aromatic N) is 1. The standard InChI is InChI=1S/C20H22N2O4S/c1-21-12-11-20(23)22-13-14-26-18(15-22)17-9-5-6-10-19(17)27(24,25)16-7-3-2-4-8-16/h2-4,6-8,10,13-15,21H,5,9,11-12H2,1H3. The Kier molecular flexibility index (Phi) is 5.93. The van der Waals surface area contributed by atoms with Gasteiger partial charge in [-0.3, -0.25) is 9.69 Å². The lowest BCUT2D eigenvalue weighted by molar-refractivity contribution is -0.126. The number of hydrogen-bond donors (Lipinski definition) is 1. The molecule has 0 aromatic heterocycles. The van der Waals surface area contributed by atoms with Gasteiger partial charge in [0.15, 0.2) is 0 Å². The molecule has 1 aromatic carbocycles. The molecular formula is C20H22N2O4S. The molecule has 0 bridgehead atoms. The van der Waals surface area contributed by atoms with E-state index >= 15 is 0 Å². The fraction of sp³-hybridized carbons (Fsp3) is 0.250. The van der Waals surface area contributed by atoms with Gasteiger partial charge in [-0.1, -0.05) is 24.3 Å². The van der Waals surface area contributed by atoms with Crippen molar-refractivity contribution in [1.82, 2.24) is 10.2 Å². The van der Waals surface area contributed by atoms with E-state index in [4.69, 9.17) is 4.74 Å². The number of sulfone groups is 1.